The second-order valence-electron chi connectivity index (χ2n) is 19.6. The van der Waals surface area contributed by atoms with Crippen LogP contribution in [0, 0.1) is 0 Å². The number of hydrogen-bond acceptors (Lipinski definition) is 5. The number of nitrogens with one attached hydrogen (secondary N) is 1. The lowest BCUT2D eigenvalue weighted by Crippen LogP contribution is -2.45. The molecule has 2 atom stereocenters. The van der Waals surface area contributed by atoms with Crippen molar-refractivity contribution in [2.75, 3.05) is 13.2 Å². The Bertz CT molecular complexity index is 997. The lowest BCUT2D eigenvalue weighted by molar-refractivity contribution is -0.143. The SMILES string of the molecule is CCCCCCCCCCCCCCCCCCCCCCCC/C=C/C(O)C(CO)NC(=O)CCCCCCC/C=C\CCCCOC(=O)CCCCCCCCCCCCCC. The van der Waals surface area contributed by atoms with Crippen molar-refractivity contribution in [3.8, 4) is 0 Å². The summed E-state index contributed by atoms with van der Waals surface area (Å²) < 4.78 is 5.43. The number of hydrogen-bond donors (Lipinski definition) is 3. The Morgan fingerprint density at radius 3 is 1.11 bits per heavy atom. The van der Waals surface area contributed by atoms with E-state index in [-0.39, 0.29) is 18.5 Å². The molecule has 0 aliphatic carbocycles. The zero-order valence-corrected chi connectivity index (χ0v) is 43.0. The molecular formula is C58H111NO5. The molecule has 0 saturated heterocycles. The van der Waals surface area contributed by atoms with Crippen LogP contribution in [-0.2, 0) is 14.3 Å². The van der Waals surface area contributed by atoms with Gasteiger partial charge in [0.2, 0.25) is 5.91 Å². The van der Waals surface area contributed by atoms with Crippen molar-refractivity contribution < 1.29 is 24.5 Å². The van der Waals surface area contributed by atoms with Gasteiger partial charge in [0, 0.05) is 12.8 Å². The number of carbonyl (C=O) groups excluding carboxylic acids is 2. The van der Waals surface area contributed by atoms with E-state index in [0.717, 1.165) is 83.5 Å². The summed E-state index contributed by atoms with van der Waals surface area (Å²) in [5.41, 5.74) is 0. The molecule has 0 bridgehead atoms. The number of aliphatic hydroxyl groups is 2. The number of ether oxygens (including phenoxy) is 1. The second-order valence-corrected chi connectivity index (χ2v) is 19.6. The molecule has 378 valence electrons. The number of unbranched alkanes of at least 4 members (excludes halogenated alkanes) is 40. The van der Waals surface area contributed by atoms with Crippen LogP contribution in [0.25, 0.3) is 0 Å². The molecular weight excluding hydrogens is 791 g/mol. The maximum absolute atomic E-state index is 12.5. The molecule has 0 aromatic rings. The molecule has 0 aromatic carbocycles. The molecule has 2 unspecified atom stereocenters. The first-order valence-corrected chi connectivity index (χ1v) is 28.6. The van der Waals surface area contributed by atoms with Crippen molar-refractivity contribution in [1.82, 2.24) is 5.32 Å². The van der Waals surface area contributed by atoms with E-state index in [1.807, 2.05) is 6.08 Å². The van der Waals surface area contributed by atoms with Crippen molar-refractivity contribution in [2.24, 2.45) is 0 Å². The van der Waals surface area contributed by atoms with Gasteiger partial charge in [0.1, 0.15) is 0 Å². The number of allylic oxidation sites excluding steroid dienone is 3. The maximum atomic E-state index is 12.5. The van der Waals surface area contributed by atoms with E-state index in [1.165, 1.54) is 199 Å². The van der Waals surface area contributed by atoms with Crippen LogP contribution in [0.5, 0.6) is 0 Å². The highest BCUT2D eigenvalue weighted by molar-refractivity contribution is 5.76. The van der Waals surface area contributed by atoms with E-state index >= 15 is 0 Å². The van der Waals surface area contributed by atoms with E-state index in [0.29, 0.717) is 19.4 Å². The van der Waals surface area contributed by atoms with Crippen LogP contribution in [0.2, 0.25) is 0 Å². The summed E-state index contributed by atoms with van der Waals surface area (Å²) in [4.78, 5) is 24.5. The van der Waals surface area contributed by atoms with Crippen LogP contribution in [0.3, 0.4) is 0 Å². The highest BCUT2D eigenvalue weighted by Crippen LogP contribution is 2.17. The van der Waals surface area contributed by atoms with Gasteiger partial charge >= 0.3 is 5.97 Å². The topological polar surface area (TPSA) is 95.9 Å². The predicted molar refractivity (Wildman–Crippen MR) is 278 cm³/mol. The van der Waals surface area contributed by atoms with E-state index in [1.54, 1.807) is 6.08 Å². The highest BCUT2D eigenvalue weighted by Gasteiger charge is 2.18. The third-order valence-corrected chi connectivity index (χ3v) is 13.2. The molecule has 0 rings (SSSR count). The summed E-state index contributed by atoms with van der Waals surface area (Å²) in [5, 5.41) is 23.2. The van der Waals surface area contributed by atoms with Gasteiger partial charge in [0.25, 0.3) is 0 Å². The zero-order chi connectivity index (χ0) is 46.5. The predicted octanol–water partition coefficient (Wildman–Crippen LogP) is 17.5. The van der Waals surface area contributed by atoms with Crippen molar-refractivity contribution in [3.05, 3.63) is 24.3 Å². The Morgan fingerprint density at radius 1 is 0.422 bits per heavy atom. The first-order valence-electron chi connectivity index (χ1n) is 28.6. The number of aliphatic hydroxyl groups excluding tert-OH is 2. The standard InChI is InChI=1S/C58H111NO5/c1-3-5-7-9-11-13-15-17-18-19-20-21-22-23-24-25-26-27-28-30-34-38-42-46-50-56(61)55(54-60)59-57(62)51-47-43-39-35-31-29-33-37-41-45-49-53-64-58(63)52-48-44-40-36-32-16-14-12-10-8-6-4-2/h33,37,46,50,55-56,60-61H,3-32,34-36,38-45,47-49,51-54H2,1-2H3,(H,59,62)/b37-33-,50-46+. The molecule has 0 heterocycles. The molecule has 3 N–H and O–H groups in total. The molecule has 64 heavy (non-hydrogen) atoms. The van der Waals surface area contributed by atoms with Gasteiger partial charge in [-0.05, 0) is 57.8 Å². The smallest absolute Gasteiger partial charge is 0.305 e. The number of carbonyl (C=O) groups is 2. The minimum Gasteiger partial charge on any atom is -0.466 e. The molecule has 0 radical (unpaired) electrons. The third-order valence-electron chi connectivity index (χ3n) is 13.2. The molecule has 0 aromatic heterocycles. The number of rotatable bonds is 53. The van der Waals surface area contributed by atoms with Gasteiger partial charge in [-0.3, -0.25) is 9.59 Å². The molecule has 6 nitrogen and oxygen atoms in total. The molecule has 0 aliphatic heterocycles. The molecule has 6 heteroatoms. The molecule has 1 amide bonds. The van der Waals surface area contributed by atoms with Crippen molar-refractivity contribution in [2.45, 2.75) is 321 Å². The van der Waals surface area contributed by atoms with Crippen LogP contribution in [0.1, 0.15) is 309 Å². The quantitative estimate of drug-likeness (QED) is 0.0321. The Morgan fingerprint density at radius 2 is 0.734 bits per heavy atom. The normalized spacial score (nSPS) is 12.8. The van der Waals surface area contributed by atoms with Gasteiger partial charge in [0.05, 0.1) is 25.4 Å². The Kier molecular flexibility index (Phi) is 52.6. The fourth-order valence-electron chi connectivity index (χ4n) is 8.81. The average molecular weight is 903 g/mol. The summed E-state index contributed by atoms with van der Waals surface area (Å²) >= 11 is 0. The maximum Gasteiger partial charge on any atom is 0.305 e. The molecule has 0 fully saturated rings. The summed E-state index contributed by atoms with van der Waals surface area (Å²) in [7, 11) is 0. The van der Waals surface area contributed by atoms with Gasteiger partial charge in [-0.15, -0.1) is 0 Å². The monoisotopic (exact) mass is 902 g/mol. The third kappa shape index (κ3) is 49.8. The van der Waals surface area contributed by atoms with Crippen molar-refractivity contribution >= 4 is 11.9 Å². The number of amides is 1. The van der Waals surface area contributed by atoms with E-state index < -0.39 is 12.1 Å². The van der Waals surface area contributed by atoms with Gasteiger partial charge in [-0.25, -0.2) is 0 Å². The van der Waals surface area contributed by atoms with Crippen LogP contribution >= 0.6 is 0 Å². The Hall–Kier alpha value is -1.66. The van der Waals surface area contributed by atoms with Crippen LogP contribution in [0.4, 0.5) is 0 Å². The van der Waals surface area contributed by atoms with Gasteiger partial charge < -0.3 is 20.3 Å². The van der Waals surface area contributed by atoms with E-state index in [4.69, 9.17) is 4.74 Å². The fraction of sp³-hybridized carbons (Fsp3) is 0.897. The average Bonchev–Trinajstić information content (AvgIpc) is 3.29. The molecule has 0 saturated carbocycles. The minimum absolute atomic E-state index is 0.0318. The molecule has 0 aliphatic rings. The summed E-state index contributed by atoms with van der Waals surface area (Å²) in [6.07, 6.45) is 64.9. The first kappa shape index (κ1) is 62.3. The highest BCUT2D eigenvalue weighted by atomic mass is 16.5. The Labute approximate surface area is 399 Å². The van der Waals surface area contributed by atoms with Gasteiger partial charge in [-0.2, -0.15) is 0 Å². The lowest BCUT2D eigenvalue weighted by atomic mass is 10.0. The van der Waals surface area contributed by atoms with E-state index in [2.05, 4.69) is 31.3 Å². The largest absolute Gasteiger partial charge is 0.466 e. The number of esters is 1. The first-order chi connectivity index (χ1) is 31.5. The summed E-state index contributed by atoms with van der Waals surface area (Å²) in [6, 6.07) is -0.649. The van der Waals surface area contributed by atoms with Crippen LogP contribution in [0.15, 0.2) is 24.3 Å². The summed E-state index contributed by atoms with van der Waals surface area (Å²) in [5.74, 6) is -0.126. The second kappa shape index (κ2) is 54.0. The van der Waals surface area contributed by atoms with Crippen LogP contribution in [-0.4, -0.2) is 47.4 Å². The van der Waals surface area contributed by atoms with Gasteiger partial charge in [0.15, 0.2) is 0 Å². The van der Waals surface area contributed by atoms with E-state index in [9.17, 15) is 19.8 Å². The summed E-state index contributed by atoms with van der Waals surface area (Å²) in [6.45, 7) is 4.84. The Balaban J connectivity index is 3.53. The zero-order valence-electron chi connectivity index (χ0n) is 43.0. The van der Waals surface area contributed by atoms with Gasteiger partial charge in [-0.1, -0.05) is 263 Å². The van der Waals surface area contributed by atoms with Crippen molar-refractivity contribution in [3.63, 3.8) is 0 Å². The minimum atomic E-state index is -0.863. The van der Waals surface area contributed by atoms with Crippen molar-refractivity contribution in [1.29, 1.82) is 0 Å². The fourth-order valence-corrected chi connectivity index (χ4v) is 8.81. The lowest BCUT2D eigenvalue weighted by Gasteiger charge is -2.20. The molecule has 0 spiro atoms. The van der Waals surface area contributed by atoms with Crippen LogP contribution < -0.4 is 5.32 Å².